The minimum absolute atomic E-state index is 0.0458. The molecule has 1 aromatic carbocycles. The molecule has 0 spiro atoms. The number of carbonyl (C=O) groups is 1. The maximum Gasteiger partial charge on any atom is 0.322 e. The Morgan fingerprint density at radius 3 is 2.76 bits per heavy atom. The predicted octanol–water partition coefficient (Wildman–Crippen LogP) is 3.75. The van der Waals surface area contributed by atoms with Crippen LogP contribution in [-0.2, 0) is 0 Å². The van der Waals surface area contributed by atoms with Gasteiger partial charge in [-0.05, 0) is 55.2 Å². The smallest absolute Gasteiger partial charge is 0.322 e. The van der Waals surface area contributed by atoms with Crippen molar-refractivity contribution in [2.24, 2.45) is 0 Å². The fourth-order valence-electron chi connectivity index (χ4n) is 3.53. The first-order valence-electron chi connectivity index (χ1n) is 10.5. The molecule has 0 saturated carbocycles. The first-order chi connectivity index (χ1) is 15.9. The molecule has 0 fully saturated rings. The summed E-state index contributed by atoms with van der Waals surface area (Å²) >= 11 is 6.14. The van der Waals surface area contributed by atoms with Crippen LogP contribution < -0.4 is 5.32 Å². The molecular weight excluding hydrogens is 446 g/mol. The summed E-state index contributed by atoms with van der Waals surface area (Å²) in [5.41, 5.74) is 5.07. The van der Waals surface area contributed by atoms with Crippen LogP contribution in [0.25, 0.3) is 17.0 Å². The van der Waals surface area contributed by atoms with Crippen LogP contribution in [0.15, 0.2) is 41.0 Å². The normalized spacial score (nSPS) is 14.7. The number of urea groups is 1. The van der Waals surface area contributed by atoms with Gasteiger partial charge in [-0.3, -0.25) is 4.98 Å². The van der Waals surface area contributed by atoms with Gasteiger partial charge in [0.2, 0.25) is 11.8 Å². The number of nitrogens with one attached hydrogen (secondary N) is 1. The average molecular weight is 470 g/mol. The lowest BCUT2D eigenvalue weighted by Crippen LogP contribution is -2.38. The minimum atomic E-state index is -1.21. The molecule has 33 heavy (non-hydrogen) atoms. The van der Waals surface area contributed by atoms with Gasteiger partial charge >= 0.3 is 6.03 Å². The van der Waals surface area contributed by atoms with Crippen LogP contribution in [0.5, 0.6) is 0 Å². The largest absolute Gasteiger partial charge is 0.418 e. The van der Waals surface area contributed by atoms with Crippen LogP contribution >= 0.6 is 11.6 Å². The molecule has 10 heteroatoms. The van der Waals surface area contributed by atoms with Crippen LogP contribution in [0.1, 0.15) is 35.2 Å². The molecule has 4 rings (SSSR count). The number of benzene rings is 1. The predicted molar refractivity (Wildman–Crippen MR) is 124 cm³/mol. The van der Waals surface area contributed by atoms with Gasteiger partial charge in [0.05, 0.1) is 17.9 Å². The van der Waals surface area contributed by atoms with Crippen molar-refractivity contribution in [3.05, 3.63) is 64.3 Å². The Bertz CT molecular complexity index is 1210. The summed E-state index contributed by atoms with van der Waals surface area (Å²) in [5.74, 6) is 0.173. The highest BCUT2D eigenvalue weighted by molar-refractivity contribution is 6.31. The highest BCUT2D eigenvalue weighted by atomic mass is 35.5. The van der Waals surface area contributed by atoms with Crippen molar-refractivity contribution in [3.8, 4) is 11.5 Å². The molecular formula is C23H24ClN5O4. The summed E-state index contributed by atoms with van der Waals surface area (Å²) in [4.78, 5) is 18.9. The lowest BCUT2D eigenvalue weighted by atomic mass is 10.00. The number of anilines is 1. The third-order valence-electron chi connectivity index (χ3n) is 5.45. The number of carbonyl (C=O) groups excluding carboxylic acids is 1. The maximum absolute atomic E-state index is 12.6. The Kier molecular flexibility index (Phi) is 6.73. The molecule has 172 valence electrons. The van der Waals surface area contributed by atoms with E-state index in [4.69, 9.17) is 21.1 Å². The third kappa shape index (κ3) is 5.05. The summed E-state index contributed by atoms with van der Waals surface area (Å²) < 4.78 is 5.42. The zero-order valence-electron chi connectivity index (χ0n) is 18.2. The minimum Gasteiger partial charge on any atom is -0.418 e. The van der Waals surface area contributed by atoms with Crippen LogP contribution in [0, 0.1) is 13.8 Å². The Morgan fingerprint density at radius 2 is 2.09 bits per heavy atom. The number of nitrogens with zero attached hydrogens (tertiary/aromatic N) is 4. The van der Waals surface area contributed by atoms with Crippen molar-refractivity contribution < 1.29 is 19.4 Å². The molecule has 3 N–H and O–H groups in total. The second kappa shape index (κ2) is 9.70. The number of pyridine rings is 1. The number of aliphatic hydroxyl groups excluding tert-OH is 2. The molecule has 3 aromatic rings. The molecule has 1 aliphatic rings. The zero-order valence-corrected chi connectivity index (χ0v) is 19.0. The van der Waals surface area contributed by atoms with Gasteiger partial charge in [0.1, 0.15) is 0 Å². The number of rotatable bonds is 5. The lowest BCUT2D eigenvalue weighted by Gasteiger charge is -2.27. The van der Waals surface area contributed by atoms with Gasteiger partial charge in [0.25, 0.3) is 0 Å². The maximum atomic E-state index is 12.6. The van der Waals surface area contributed by atoms with Gasteiger partial charge in [0.15, 0.2) is 6.10 Å². The molecule has 2 amide bonds. The summed E-state index contributed by atoms with van der Waals surface area (Å²) in [6, 6.07) is 7.14. The quantitative estimate of drug-likeness (QED) is 0.519. The van der Waals surface area contributed by atoms with Crippen LogP contribution in [0.4, 0.5) is 10.5 Å². The number of hydrogen-bond donors (Lipinski definition) is 3. The monoisotopic (exact) mass is 469 g/mol. The van der Waals surface area contributed by atoms with Gasteiger partial charge in [-0.2, -0.15) is 0 Å². The van der Waals surface area contributed by atoms with Gasteiger partial charge < -0.3 is 24.8 Å². The van der Waals surface area contributed by atoms with E-state index in [-0.39, 0.29) is 17.8 Å². The summed E-state index contributed by atoms with van der Waals surface area (Å²) in [6.07, 6.45) is 3.09. The van der Waals surface area contributed by atoms with Crippen molar-refractivity contribution in [2.45, 2.75) is 26.4 Å². The number of aryl methyl sites for hydroxylation is 2. The number of halogens is 1. The lowest BCUT2D eigenvalue weighted by molar-refractivity contribution is 0.0736. The number of hydrogen-bond acceptors (Lipinski definition) is 7. The fraction of sp³-hybridized carbons (Fsp3) is 0.304. The second-order valence-electron chi connectivity index (χ2n) is 7.85. The van der Waals surface area contributed by atoms with E-state index < -0.39 is 12.7 Å². The van der Waals surface area contributed by atoms with E-state index >= 15 is 0 Å². The van der Waals surface area contributed by atoms with Gasteiger partial charge in [0, 0.05) is 30.0 Å². The molecule has 3 heterocycles. The first kappa shape index (κ1) is 22.9. The average Bonchev–Trinajstić information content (AvgIpc) is 3.31. The van der Waals surface area contributed by atoms with E-state index in [1.165, 1.54) is 0 Å². The molecule has 0 unspecified atom stereocenters. The fourth-order valence-corrected chi connectivity index (χ4v) is 3.71. The molecule has 0 bridgehead atoms. The van der Waals surface area contributed by atoms with E-state index in [1.54, 1.807) is 17.2 Å². The zero-order chi connectivity index (χ0) is 23.5. The number of amides is 2. The molecule has 0 saturated heterocycles. The Balaban J connectivity index is 1.43. The third-order valence-corrected chi connectivity index (χ3v) is 5.85. The Hall–Kier alpha value is -3.27. The van der Waals surface area contributed by atoms with Crippen molar-refractivity contribution in [3.63, 3.8) is 0 Å². The van der Waals surface area contributed by atoms with Crippen molar-refractivity contribution in [1.82, 2.24) is 20.1 Å². The first-order valence-corrected chi connectivity index (χ1v) is 10.8. The standard InChI is InChI=1S/C23H24ClN5O4/c1-13-3-4-17(10-18(13)24)26-23(32)29-7-5-15(6-8-29)20-14(2)9-16(11-25-20)21-27-28-22(33-21)19(31)12-30/h3-5,9-11,19,30-31H,6-8,12H2,1-2H3,(H,26,32)/t19-/m1/s1. The van der Waals surface area contributed by atoms with E-state index in [0.717, 1.165) is 22.4 Å². The summed E-state index contributed by atoms with van der Waals surface area (Å²) in [5, 5.41) is 29.8. The second-order valence-corrected chi connectivity index (χ2v) is 8.26. The highest BCUT2D eigenvalue weighted by Gasteiger charge is 2.21. The molecule has 9 nitrogen and oxygen atoms in total. The SMILES string of the molecule is Cc1ccc(NC(=O)N2CC=C(c3ncc(-c4nnc([C@H](O)CO)o4)cc3C)CC2)cc1Cl. The Labute approximate surface area is 195 Å². The van der Waals surface area contributed by atoms with E-state index in [2.05, 4.69) is 20.5 Å². The molecule has 2 aromatic heterocycles. The van der Waals surface area contributed by atoms with Gasteiger partial charge in [-0.25, -0.2) is 4.79 Å². The van der Waals surface area contributed by atoms with Crippen LogP contribution in [0.2, 0.25) is 5.02 Å². The van der Waals surface area contributed by atoms with E-state index in [1.807, 2.05) is 38.1 Å². The van der Waals surface area contributed by atoms with Crippen molar-refractivity contribution >= 4 is 28.9 Å². The molecule has 0 radical (unpaired) electrons. The van der Waals surface area contributed by atoms with Gasteiger partial charge in [-0.1, -0.05) is 23.7 Å². The van der Waals surface area contributed by atoms with E-state index in [9.17, 15) is 9.90 Å². The molecule has 0 aliphatic carbocycles. The van der Waals surface area contributed by atoms with E-state index in [0.29, 0.717) is 35.8 Å². The number of aliphatic hydroxyl groups is 2. The topological polar surface area (TPSA) is 125 Å². The molecule has 1 aliphatic heterocycles. The van der Waals surface area contributed by atoms with Crippen LogP contribution in [-0.4, -0.2) is 56.0 Å². The number of aromatic nitrogens is 3. The Morgan fingerprint density at radius 1 is 1.27 bits per heavy atom. The summed E-state index contributed by atoms with van der Waals surface area (Å²) in [7, 11) is 0. The van der Waals surface area contributed by atoms with Crippen molar-refractivity contribution in [2.75, 3.05) is 25.0 Å². The van der Waals surface area contributed by atoms with Crippen LogP contribution in [0.3, 0.4) is 0 Å². The summed E-state index contributed by atoms with van der Waals surface area (Å²) in [6.45, 7) is 4.38. The molecule has 1 atom stereocenters. The van der Waals surface area contributed by atoms with Gasteiger partial charge in [-0.15, -0.1) is 10.2 Å². The van der Waals surface area contributed by atoms with Crippen molar-refractivity contribution in [1.29, 1.82) is 0 Å². The highest BCUT2D eigenvalue weighted by Crippen LogP contribution is 2.28.